The van der Waals surface area contributed by atoms with E-state index in [1.54, 1.807) is 0 Å². The van der Waals surface area contributed by atoms with Gasteiger partial charge < -0.3 is 11.1 Å². The topological polar surface area (TPSA) is 38.0 Å². The summed E-state index contributed by atoms with van der Waals surface area (Å²) in [6.45, 7) is 0.796. The van der Waals surface area contributed by atoms with Crippen LogP contribution in [0.2, 0.25) is 0 Å². The van der Waals surface area contributed by atoms with E-state index in [9.17, 15) is 0 Å². The van der Waals surface area contributed by atoms with Crippen LogP contribution in [0, 0.1) is 0 Å². The van der Waals surface area contributed by atoms with E-state index in [4.69, 9.17) is 5.73 Å². The highest BCUT2D eigenvalue weighted by atomic mass is 79.9. The predicted molar refractivity (Wildman–Crippen MR) is 81.6 cm³/mol. The van der Waals surface area contributed by atoms with Crippen LogP contribution in [-0.2, 0) is 5.41 Å². The quantitative estimate of drug-likeness (QED) is 0.893. The van der Waals surface area contributed by atoms with Crippen LogP contribution in [0.25, 0.3) is 0 Å². The fourth-order valence-electron chi connectivity index (χ4n) is 2.63. The zero-order valence-electron chi connectivity index (χ0n) is 10.4. The third-order valence-corrected chi connectivity index (χ3v) is 4.15. The molecule has 2 aromatic rings. The lowest BCUT2D eigenvalue weighted by molar-refractivity contribution is 0.643. The normalized spacial score (nSPS) is 21.8. The average molecular weight is 315 g/mol. The Morgan fingerprint density at radius 3 is 2.16 bits per heavy atom. The molecule has 0 saturated carbocycles. The van der Waals surface area contributed by atoms with Gasteiger partial charge in [-0.2, -0.15) is 0 Å². The Balaban J connectivity index is 2.16. The highest BCUT2D eigenvalue weighted by Gasteiger charge is 2.36. The molecule has 0 radical (unpaired) electrons. The Morgan fingerprint density at radius 2 is 1.58 bits per heavy atom. The standard InChI is InChI=1S/C16H15BrN2/c17-14-8-6-13(7-9-14)16(10-15(18)19-11-16)12-4-2-1-3-5-12/h1-10,19H,11,18H2. The van der Waals surface area contributed by atoms with Crippen LogP contribution in [0.3, 0.4) is 0 Å². The second kappa shape index (κ2) is 4.74. The molecule has 1 unspecified atom stereocenters. The second-order valence-electron chi connectivity index (χ2n) is 4.80. The van der Waals surface area contributed by atoms with Crippen LogP contribution in [0.1, 0.15) is 11.1 Å². The van der Waals surface area contributed by atoms with E-state index < -0.39 is 0 Å². The molecule has 0 aliphatic carbocycles. The van der Waals surface area contributed by atoms with Crippen molar-refractivity contribution >= 4 is 15.9 Å². The maximum absolute atomic E-state index is 5.96. The van der Waals surface area contributed by atoms with Gasteiger partial charge in [-0.05, 0) is 29.3 Å². The molecule has 0 fully saturated rings. The molecule has 1 aliphatic heterocycles. The van der Waals surface area contributed by atoms with E-state index >= 15 is 0 Å². The zero-order chi connectivity index (χ0) is 13.3. The van der Waals surface area contributed by atoms with E-state index in [0.29, 0.717) is 0 Å². The van der Waals surface area contributed by atoms with E-state index in [-0.39, 0.29) is 5.41 Å². The van der Waals surface area contributed by atoms with Crippen molar-refractivity contribution in [2.45, 2.75) is 5.41 Å². The van der Waals surface area contributed by atoms with Gasteiger partial charge in [0, 0.05) is 11.0 Å². The molecule has 2 aromatic carbocycles. The molecular formula is C16H15BrN2. The van der Waals surface area contributed by atoms with Crippen molar-refractivity contribution in [2.24, 2.45) is 5.73 Å². The number of benzene rings is 2. The van der Waals surface area contributed by atoms with Gasteiger partial charge in [-0.1, -0.05) is 58.4 Å². The van der Waals surface area contributed by atoms with Gasteiger partial charge in [0.05, 0.1) is 11.2 Å². The van der Waals surface area contributed by atoms with E-state index in [1.807, 2.05) is 6.07 Å². The predicted octanol–water partition coefficient (Wildman–Crippen LogP) is 3.14. The highest BCUT2D eigenvalue weighted by molar-refractivity contribution is 9.10. The highest BCUT2D eigenvalue weighted by Crippen LogP contribution is 2.36. The zero-order valence-corrected chi connectivity index (χ0v) is 12.0. The molecule has 0 saturated heterocycles. The van der Waals surface area contributed by atoms with E-state index in [1.165, 1.54) is 11.1 Å². The Morgan fingerprint density at radius 1 is 0.947 bits per heavy atom. The Hall–Kier alpha value is -1.74. The van der Waals surface area contributed by atoms with Gasteiger partial charge in [0.25, 0.3) is 0 Å². The second-order valence-corrected chi connectivity index (χ2v) is 5.71. The monoisotopic (exact) mass is 314 g/mol. The summed E-state index contributed by atoms with van der Waals surface area (Å²) in [5, 5.41) is 3.25. The number of hydrogen-bond acceptors (Lipinski definition) is 2. The lowest BCUT2D eigenvalue weighted by atomic mass is 9.75. The summed E-state index contributed by atoms with van der Waals surface area (Å²) in [5.74, 6) is 0.742. The van der Waals surface area contributed by atoms with Gasteiger partial charge in [0.15, 0.2) is 0 Å². The maximum Gasteiger partial charge on any atom is 0.0932 e. The van der Waals surface area contributed by atoms with Crippen molar-refractivity contribution in [1.82, 2.24) is 5.32 Å². The molecule has 1 aliphatic rings. The fourth-order valence-corrected chi connectivity index (χ4v) is 2.89. The third kappa shape index (κ3) is 2.15. The molecule has 0 aromatic heterocycles. The summed E-state index contributed by atoms with van der Waals surface area (Å²) < 4.78 is 1.09. The van der Waals surface area contributed by atoms with Crippen molar-refractivity contribution in [3.63, 3.8) is 0 Å². The van der Waals surface area contributed by atoms with Crippen LogP contribution in [0.4, 0.5) is 0 Å². The molecule has 1 heterocycles. The minimum Gasteiger partial charge on any atom is -0.386 e. The first-order valence-electron chi connectivity index (χ1n) is 6.24. The van der Waals surface area contributed by atoms with Crippen molar-refractivity contribution in [2.75, 3.05) is 6.54 Å². The molecule has 3 rings (SSSR count). The molecular weight excluding hydrogens is 300 g/mol. The molecule has 96 valence electrons. The summed E-state index contributed by atoms with van der Waals surface area (Å²) in [5.41, 5.74) is 8.28. The smallest absolute Gasteiger partial charge is 0.0932 e. The summed E-state index contributed by atoms with van der Waals surface area (Å²) in [4.78, 5) is 0. The summed E-state index contributed by atoms with van der Waals surface area (Å²) in [7, 11) is 0. The number of halogens is 1. The Bertz CT molecular complexity index is 604. The first-order chi connectivity index (χ1) is 9.21. The molecule has 3 heteroatoms. The lowest BCUT2D eigenvalue weighted by Gasteiger charge is -2.28. The molecule has 3 N–H and O–H groups in total. The van der Waals surface area contributed by atoms with Gasteiger partial charge in [0.1, 0.15) is 0 Å². The fraction of sp³-hybridized carbons (Fsp3) is 0.125. The first kappa shape index (κ1) is 12.3. The van der Waals surface area contributed by atoms with Gasteiger partial charge >= 0.3 is 0 Å². The van der Waals surface area contributed by atoms with Gasteiger partial charge in [-0.3, -0.25) is 0 Å². The van der Waals surface area contributed by atoms with E-state index in [2.05, 4.69) is 75.9 Å². The summed E-state index contributed by atoms with van der Waals surface area (Å²) >= 11 is 3.48. The third-order valence-electron chi connectivity index (χ3n) is 3.62. The van der Waals surface area contributed by atoms with Gasteiger partial charge in [-0.25, -0.2) is 0 Å². The number of nitrogens with one attached hydrogen (secondary N) is 1. The minimum absolute atomic E-state index is 0.175. The number of hydrogen-bond donors (Lipinski definition) is 2. The Kier molecular flexibility index (Phi) is 3.07. The molecule has 2 nitrogen and oxygen atoms in total. The molecule has 1 atom stereocenters. The van der Waals surface area contributed by atoms with E-state index in [0.717, 1.165) is 16.8 Å². The van der Waals surface area contributed by atoms with Gasteiger partial charge in [-0.15, -0.1) is 0 Å². The van der Waals surface area contributed by atoms with Crippen molar-refractivity contribution < 1.29 is 0 Å². The number of nitrogens with two attached hydrogens (primary N) is 1. The lowest BCUT2D eigenvalue weighted by Crippen LogP contribution is -2.31. The molecule has 0 amide bonds. The van der Waals surface area contributed by atoms with Crippen molar-refractivity contribution in [3.8, 4) is 0 Å². The summed E-state index contributed by atoms with van der Waals surface area (Å²) in [6, 6.07) is 18.9. The molecule has 0 bridgehead atoms. The largest absolute Gasteiger partial charge is 0.386 e. The van der Waals surface area contributed by atoms with Gasteiger partial charge in [0.2, 0.25) is 0 Å². The molecule has 19 heavy (non-hydrogen) atoms. The van der Waals surface area contributed by atoms with Crippen LogP contribution in [0.5, 0.6) is 0 Å². The maximum atomic E-state index is 5.96. The van der Waals surface area contributed by atoms with Crippen molar-refractivity contribution in [1.29, 1.82) is 0 Å². The van der Waals surface area contributed by atoms with Crippen molar-refractivity contribution in [3.05, 3.63) is 82.1 Å². The molecule has 0 spiro atoms. The van der Waals surface area contributed by atoms with Crippen LogP contribution in [0.15, 0.2) is 71.0 Å². The average Bonchev–Trinajstić information content (AvgIpc) is 2.84. The van der Waals surface area contributed by atoms with Crippen LogP contribution in [-0.4, -0.2) is 6.54 Å². The van der Waals surface area contributed by atoms with Crippen LogP contribution < -0.4 is 11.1 Å². The number of rotatable bonds is 2. The van der Waals surface area contributed by atoms with Crippen LogP contribution >= 0.6 is 15.9 Å². The summed E-state index contributed by atoms with van der Waals surface area (Å²) in [6.07, 6.45) is 2.12. The minimum atomic E-state index is -0.175. The first-order valence-corrected chi connectivity index (χ1v) is 7.04. The Labute approximate surface area is 121 Å². The SMILES string of the molecule is NC1=CC(c2ccccc2)(c2ccc(Br)cc2)CN1.